The predicted molar refractivity (Wildman–Crippen MR) is 101 cm³/mol. The van der Waals surface area contributed by atoms with E-state index < -0.39 is 0 Å². The number of methoxy groups -OCH3 is 1. The van der Waals surface area contributed by atoms with Crippen LogP contribution in [0.1, 0.15) is 36.9 Å². The molecule has 0 saturated heterocycles. The van der Waals surface area contributed by atoms with Crippen molar-refractivity contribution >= 4 is 6.09 Å². The molecule has 5 nitrogen and oxygen atoms in total. The Labute approximate surface area is 154 Å². The minimum absolute atomic E-state index is 0.167. The van der Waals surface area contributed by atoms with Crippen molar-refractivity contribution in [2.75, 3.05) is 7.11 Å². The van der Waals surface area contributed by atoms with Crippen LogP contribution in [0.2, 0.25) is 0 Å². The van der Waals surface area contributed by atoms with Gasteiger partial charge in [0, 0.05) is 23.7 Å². The van der Waals surface area contributed by atoms with Gasteiger partial charge in [-0.15, -0.1) is 0 Å². The number of para-hydroxylation sites is 1. The van der Waals surface area contributed by atoms with E-state index in [2.05, 4.69) is 23.6 Å². The highest BCUT2D eigenvalue weighted by molar-refractivity contribution is 5.67. The Morgan fingerprint density at radius 1 is 1.08 bits per heavy atom. The zero-order valence-corrected chi connectivity index (χ0v) is 15.3. The van der Waals surface area contributed by atoms with Gasteiger partial charge in [0.2, 0.25) is 0 Å². The van der Waals surface area contributed by atoms with E-state index in [1.165, 1.54) is 0 Å². The van der Waals surface area contributed by atoms with Crippen LogP contribution in [0.3, 0.4) is 0 Å². The third-order valence-corrected chi connectivity index (χ3v) is 4.76. The summed E-state index contributed by atoms with van der Waals surface area (Å²) in [4.78, 5) is 11.9. The fraction of sp³-hybridized carbons (Fsp3) is 0.381. The molecular formula is C21H26N2O3. The largest absolute Gasteiger partial charge is 0.496 e. The number of carbonyl (C=O) groups excluding carboxylic acids is 1. The molecule has 2 N–H and O–H groups in total. The van der Waals surface area contributed by atoms with Crippen LogP contribution in [0.25, 0.3) is 0 Å². The minimum Gasteiger partial charge on any atom is -0.496 e. The zero-order valence-electron chi connectivity index (χ0n) is 15.3. The number of carbonyl (C=O) groups is 1. The van der Waals surface area contributed by atoms with Gasteiger partial charge in [0.25, 0.3) is 0 Å². The Morgan fingerprint density at radius 2 is 1.77 bits per heavy atom. The van der Waals surface area contributed by atoms with E-state index in [1.807, 2.05) is 48.5 Å². The quantitative estimate of drug-likeness (QED) is 0.794. The lowest BCUT2D eigenvalue weighted by Gasteiger charge is -2.38. The van der Waals surface area contributed by atoms with Gasteiger partial charge in [-0.2, -0.15) is 0 Å². The van der Waals surface area contributed by atoms with Gasteiger partial charge >= 0.3 is 6.09 Å². The number of benzene rings is 2. The van der Waals surface area contributed by atoms with Crippen LogP contribution >= 0.6 is 0 Å². The maximum atomic E-state index is 11.9. The first-order valence-electron chi connectivity index (χ1n) is 9.02. The first-order chi connectivity index (χ1) is 12.7. The van der Waals surface area contributed by atoms with Gasteiger partial charge < -0.3 is 20.1 Å². The summed E-state index contributed by atoms with van der Waals surface area (Å²) in [6, 6.07) is 18.5. The number of alkyl carbamates (subject to hydrolysis) is 1. The second kappa shape index (κ2) is 8.72. The molecule has 0 heterocycles. The summed E-state index contributed by atoms with van der Waals surface area (Å²) < 4.78 is 10.7. The molecule has 0 aromatic heterocycles. The molecule has 1 fully saturated rings. The summed E-state index contributed by atoms with van der Waals surface area (Å²) in [6.07, 6.45) is 1.45. The standard InChI is InChI=1S/C21H26N2O3/c1-15(19-10-6-7-11-20(19)25-2)22-17-12-18(13-17)23-21(24)26-14-16-8-4-3-5-9-16/h3-11,15,17-18,22H,12-14H2,1-2H3,(H,23,24)/t15-,17?,18?/m1/s1. The van der Waals surface area contributed by atoms with Crippen molar-refractivity contribution in [2.24, 2.45) is 0 Å². The van der Waals surface area contributed by atoms with Crippen molar-refractivity contribution in [2.45, 2.75) is 44.5 Å². The molecule has 0 unspecified atom stereocenters. The SMILES string of the molecule is COc1ccccc1[C@@H](C)NC1CC(NC(=O)OCc2ccccc2)C1. The summed E-state index contributed by atoms with van der Waals surface area (Å²) in [6.45, 7) is 2.43. The van der Waals surface area contributed by atoms with Crippen LogP contribution in [0.4, 0.5) is 4.79 Å². The van der Waals surface area contributed by atoms with Gasteiger partial charge in [-0.25, -0.2) is 4.79 Å². The van der Waals surface area contributed by atoms with E-state index in [9.17, 15) is 4.79 Å². The van der Waals surface area contributed by atoms with Crippen molar-refractivity contribution in [1.29, 1.82) is 0 Å². The van der Waals surface area contributed by atoms with Crippen LogP contribution in [-0.2, 0) is 11.3 Å². The van der Waals surface area contributed by atoms with Crippen molar-refractivity contribution in [1.82, 2.24) is 10.6 Å². The Balaban J connectivity index is 1.38. The lowest BCUT2D eigenvalue weighted by Crippen LogP contribution is -2.52. The average Bonchev–Trinajstić information content (AvgIpc) is 2.65. The normalized spacial score (nSPS) is 19.9. The van der Waals surface area contributed by atoms with Crippen LogP contribution in [0.15, 0.2) is 54.6 Å². The molecule has 0 radical (unpaired) electrons. The molecule has 1 amide bonds. The second-order valence-electron chi connectivity index (χ2n) is 6.70. The molecule has 1 aliphatic carbocycles. The highest BCUT2D eigenvalue weighted by Gasteiger charge is 2.31. The summed E-state index contributed by atoms with van der Waals surface area (Å²) in [5.41, 5.74) is 2.13. The number of ether oxygens (including phenoxy) is 2. The van der Waals surface area contributed by atoms with Crippen LogP contribution in [0.5, 0.6) is 5.75 Å². The molecule has 2 aromatic carbocycles. The van der Waals surface area contributed by atoms with E-state index in [-0.39, 0.29) is 18.2 Å². The molecular weight excluding hydrogens is 328 g/mol. The average molecular weight is 354 g/mol. The molecule has 3 rings (SSSR count). The molecule has 1 aliphatic rings. The number of hydrogen-bond acceptors (Lipinski definition) is 4. The molecule has 1 atom stereocenters. The third kappa shape index (κ3) is 4.76. The molecule has 0 bridgehead atoms. The highest BCUT2D eigenvalue weighted by Crippen LogP contribution is 2.28. The van der Waals surface area contributed by atoms with Crippen molar-refractivity contribution in [3.63, 3.8) is 0 Å². The molecule has 138 valence electrons. The Bertz CT molecular complexity index is 714. The fourth-order valence-corrected chi connectivity index (χ4v) is 3.27. The number of rotatable bonds is 7. The third-order valence-electron chi connectivity index (χ3n) is 4.76. The number of nitrogens with one attached hydrogen (secondary N) is 2. The number of hydrogen-bond donors (Lipinski definition) is 2. The Morgan fingerprint density at radius 3 is 2.50 bits per heavy atom. The summed E-state index contributed by atoms with van der Waals surface area (Å²) in [7, 11) is 1.69. The topological polar surface area (TPSA) is 59.6 Å². The highest BCUT2D eigenvalue weighted by atomic mass is 16.5. The molecule has 26 heavy (non-hydrogen) atoms. The second-order valence-corrected chi connectivity index (χ2v) is 6.70. The summed E-state index contributed by atoms with van der Waals surface area (Å²) in [5, 5.41) is 6.52. The molecule has 0 aliphatic heterocycles. The van der Waals surface area contributed by atoms with E-state index in [0.29, 0.717) is 12.6 Å². The monoisotopic (exact) mass is 354 g/mol. The lowest BCUT2D eigenvalue weighted by molar-refractivity contribution is 0.124. The van der Waals surface area contributed by atoms with E-state index in [4.69, 9.17) is 9.47 Å². The number of amides is 1. The first-order valence-corrected chi connectivity index (χ1v) is 9.02. The van der Waals surface area contributed by atoms with Crippen LogP contribution in [-0.4, -0.2) is 25.3 Å². The van der Waals surface area contributed by atoms with Gasteiger partial charge in [-0.05, 0) is 31.4 Å². The van der Waals surface area contributed by atoms with Crippen molar-refractivity contribution < 1.29 is 14.3 Å². The van der Waals surface area contributed by atoms with Crippen molar-refractivity contribution in [3.05, 3.63) is 65.7 Å². The molecule has 2 aromatic rings. The zero-order chi connectivity index (χ0) is 18.4. The lowest BCUT2D eigenvalue weighted by atomic mass is 9.86. The first kappa shape index (κ1) is 18.3. The van der Waals surface area contributed by atoms with Gasteiger partial charge in [0.1, 0.15) is 12.4 Å². The van der Waals surface area contributed by atoms with Crippen molar-refractivity contribution in [3.8, 4) is 5.75 Å². The van der Waals surface area contributed by atoms with Gasteiger partial charge in [0.15, 0.2) is 0 Å². The fourth-order valence-electron chi connectivity index (χ4n) is 3.27. The van der Waals surface area contributed by atoms with Crippen LogP contribution in [0, 0.1) is 0 Å². The Hall–Kier alpha value is -2.53. The summed E-state index contributed by atoms with van der Waals surface area (Å²) in [5.74, 6) is 0.894. The van der Waals surface area contributed by atoms with Gasteiger partial charge in [-0.1, -0.05) is 48.5 Å². The smallest absolute Gasteiger partial charge is 0.407 e. The molecule has 1 saturated carbocycles. The van der Waals surface area contributed by atoms with E-state index >= 15 is 0 Å². The van der Waals surface area contributed by atoms with E-state index in [1.54, 1.807) is 7.11 Å². The summed E-state index contributed by atoms with van der Waals surface area (Å²) >= 11 is 0. The van der Waals surface area contributed by atoms with Gasteiger partial charge in [0.05, 0.1) is 7.11 Å². The van der Waals surface area contributed by atoms with Gasteiger partial charge in [-0.3, -0.25) is 0 Å². The molecule has 0 spiro atoms. The Kier molecular flexibility index (Phi) is 6.12. The predicted octanol–water partition coefficient (Wildman–Crippen LogP) is 3.80. The molecule has 5 heteroatoms. The van der Waals surface area contributed by atoms with Crippen LogP contribution < -0.4 is 15.4 Å². The maximum absolute atomic E-state index is 11.9. The minimum atomic E-state index is -0.352. The van der Waals surface area contributed by atoms with E-state index in [0.717, 1.165) is 29.7 Å². The maximum Gasteiger partial charge on any atom is 0.407 e.